The Morgan fingerprint density at radius 1 is 1.02 bits per heavy atom. The van der Waals surface area contributed by atoms with Gasteiger partial charge in [-0.1, -0.05) is 42.5 Å². The van der Waals surface area contributed by atoms with Crippen molar-refractivity contribution in [1.29, 1.82) is 5.41 Å². The molecule has 262 valence electrons. The molecule has 1 amide bonds. The number of carboxylic acids is 2. The number of hydrogen-bond acceptors (Lipinski definition) is 8. The predicted octanol–water partition coefficient (Wildman–Crippen LogP) is 3.79. The van der Waals surface area contributed by atoms with Crippen LogP contribution in [0.2, 0.25) is 0 Å². The molecule has 0 saturated heterocycles. The van der Waals surface area contributed by atoms with Crippen LogP contribution in [0.15, 0.2) is 71.5 Å². The first-order valence-corrected chi connectivity index (χ1v) is 15.0. The fraction of sp³-hybridized carbons (Fsp3) is 0.294. The minimum absolute atomic E-state index is 0.0304. The lowest BCUT2D eigenvalue weighted by atomic mass is 9.90. The average molecular weight is 681 g/mol. The van der Waals surface area contributed by atoms with E-state index in [1.165, 1.54) is 23.1 Å². The number of likely N-dealkylation sites (N-methyl/N-ethyl adjacent to an activating group) is 1. The van der Waals surface area contributed by atoms with Gasteiger partial charge >= 0.3 is 5.69 Å². The normalized spacial score (nSPS) is 11.4. The Hall–Kier alpha value is -5.99. The van der Waals surface area contributed by atoms with Gasteiger partial charge in [-0.05, 0) is 55.7 Å². The molecule has 0 aliphatic carbocycles. The van der Waals surface area contributed by atoms with Gasteiger partial charge in [-0.2, -0.15) is 4.68 Å². The smallest absolute Gasteiger partial charge is 0.348 e. The lowest BCUT2D eigenvalue weighted by Gasteiger charge is -2.22. The van der Waals surface area contributed by atoms with Gasteiger partial charge < -0.3 is 30.3 Å². The highest BCUT2D eigenvalue weighted by atomic mass is 19.1. The van der Waals surface area contributed by atoms with E-state index in [2.05, 4.69) is 10.1 Å². The van der Waals surface area contributed by atoms with E-state index in [-0.39, 0.29) is 17.4 Å². The highest BCUT2D eigenvalue weighted by Gasteiger charge is 2.25. The zero-order valence-electron chi connectivity index (χ0n) is 28.1. The molecule has 2 unspecified atom stereocenters. The third-order valence-corrected chi connectivity index (χ3v) is 6.51. The van der Waals surface area contributed by atoms with E-state index in [1.54, 1.807) is 51.4 Å². The summed E-state index contributed by atoms with van der Waals surface area (Å²) in [5, 5.41) is 27.0. The average Bonchev–Trinajstić information content (AvgIpc) is 3.41. The highest BCUT2D eigenvalue weighted by molar-refractivity contribution is 5.94. The summed E-state index contributed by atoms with van der Waals surface area (Å²) in [6, 6.07) is 18.4. The molecule has 14 nitrogen and oxygen atoms in total. The maximum Gasteiger partial charge on any atom is 0.348 e. The molecule has 15 heteroatoms. The van der Waals surface area contributed by atoms with Crippen molar-refractivity contribution in [2.75, 3.05) is 20.7 Å². The number of nitrogens with one attached hydrogen (secondary N) is 2. The van der Waals surface area contributed by atoms with E-state index in [0.717, 1.165) is 29.7 Å². The van der Waals surface area contributed by atoms with Crippen LogP contribution in [0.3, 0.4) is 0 Å². The van der Waals surface area contributed by atoms with Gasteiger partial charge in [0.25, 0.3) is 17.8 Å². The zero-order valence-corrected chi connectivity index (χ0v) is 28.1. The second-order valence-electron chi connectivity index (χ2n) is 10.7. The van der Waals surface area contributed by atoms with E-state index < -0.39 is 35.5 Å². The van der Waals surface area contributed by atoms with Gasteiger partial charge in [0.05, 0.1) is 6.61 Å². The van der Waals surface area contributed by atoms with Crippen LogP contribution in [0.5, 0.6) is 11.5 Å². The number of hydrogen-bond donors (Lipinski definition) is 5. The number of halogens is 1. The summed E-state index contributed by atoms with van der Waals surface area (Å²) in [4.78, 5) is 47.6. The van der Waals surface area contributed by atoms with E-state index >= 15 is 0 Å². The van der Waals surface area contributed by atoms with Crippen LogP contribution in [0.4, 0.5) is 4.39 Å². The number of aromatic nitrogens is 3. The number of carbonyl (C=O) groups excluding carboxylic acids is 1. The molecule has 0 spiro atoms. The lowest BCUT2D eigenvalue weighted by molar-refractivity contribution is -0.135. The first kappa shape index (κ1) is 39.2. The topological polar surface area (TPSA) is 214 Å². The number of para-hydroxylation sites is 1. The van der Waals surface area contributed by atoms with Crippen LogP contribution < -0.4 is 20.9 Å². The molecule has 0 bridgehead atoms. The third-order valence-electron chi connectivity index (χ3n) is 6.51. The molecule has 2 atom stereocenters. The molecular formula is C34H41FN6O8. The number of rotatable bonds is 11. The number of H-pyrrole nitrogens is 1. The lowest BCUT2D eigenvalue weighted by Crippen LogP contribution is -2.35. The SMILES string of the molecule is CC(=O)O.CC(=O)O.CCOc1cc(C(Cc2ccc(C(=N)N)cc2)c2nn(-c3ccccc3F)c(=O)[nH]2)ccc1OC(C)C(=O)N(C)C. The summed E-state index contributed by atoms with van der Waals surface area (Å²) in [6.45, 7) is 6.03. The maximum atomic E-state index is 14.5. The van der Waals surface area contributed by atoms with Gasteiger partial charge in [-0.3, -0.25) is 24.8 Å². The maximum absolute atomic E-state index is 14.5. The first-order valence-electron chi connectivity index (χ1n) is 15.0. The van der Waals surface area contributed by atoms with Crippen LogP contribution in [0.25, 0.3) is 5.69 Å². The molecule has 1 heterocycles. The number of carboxylic acid groups (broad SMARTS) is 2. The Labute approximate surface area is 282 Å². The number of benzene rings is 3. The standard InChI is InChI=1S/C30H33FN6O4.2C2H4O2/c1-5-40-26-17-21(14-15-25(26)41-18(2)29(38)36(3)4)22(16-19-10-12-20(13-11-19)27(32)33)28-34-30(39)37(35-28)24-9-7-6-8-23(24)31;2*1-2(3)4/h6-15,17-18,22H,5,16H2,1-4H3,(H3,32,33)(H,34,35,39);2*1H3,(H,3,4). The van der Waals surface area contributed by atoms with Gasteiger partial charge in [-0.15, -0.1) is 5.10 Å². The Bertz CT molecular complexity index is 1780. The molecule has 0 fully saturated rings. The second kappa shape index (κ2) is 18.4. The summed E-state index contributed by atoms with van der Waals surface area (Å²) in [5.41, 5.74) is 7.29. The zero-order chi connectivity index (χ0) is 36.8. The molecule has 0 saturated carbocycles. The number of aliphatic carboxylic acids is 2. The molecule has 4 aromatic rings. The van der Waals surface area contributed by atoms with E-state index in [9.17, 15) is 14.0 Å². The monoisotopic (exact) mass is 680 g/mol. The number of nitrogen functional groups attached to an aromatic ring is 1. The quantitative estimate of drug-likeness (QED) is 0.114. The minimum Gasteiger partial charge on any atom is -0.490 e. The summed E-state index contributed by atoms with van der Waals surface area (Å²) < 4.78 is 27.4. The molecule has 6 N–H and O–H groups in total. The second-order valence-corrected chi connectivity index (χ2v) is 10.7. The molecular weight excluding hydrogens is 639 g/mol. The van der Waals surface area contributed by atoms with Gasteiger partial charge in [-0.25, -0.2) is 9.18 Å². The Morgan fingerprint density at radius 2 is 1.61 bits per heavy atom. The van der Waals surface area contributed by atoms with Crippen molar-refractivity contribution in [1.82, 2.24) is 19.7 Å². The van der Waals surface area contributed by atoms with Crippen molar-refractivity contribution in [2.24, 2.45) is 5.73 Å². The van der Waals surface area contributed by atoms with Gasteiger partial charge in [0.1, 0.15) is 23.2 Å². The number of amidine groups is 1. The van der Waals surface area contributed by atoms with Crippen LogP contribution in [-0.2, 0) is 20.8 Å². The van der Waals surface area contributed by atoms with E-state index in [0.29, 0.717) is 35.9 Å². The number of aromatic amines is 1. The van der Waals surface area contributed by atoms with Crippen molar-refractivity contribution >= 4 is 23.7 Å². The van der Waals surface area contributed by atoms with E-state index in [4.69, 9.17) is 40.4 Å². The van der Waals surface area contributed by atoms with Crippen LogP contribution in [-0.4, -0.2) is 80.4 Å². The Kier molecular flexibility index (Phi) is 14.7. The number of nitrogens with zero attached hydrogens (tertiary/aromatic N) is 3. The van der Waals surface area contributed by atoms with Crippen LogP contribution >= 0.6 is 0 Å². The summed E-state index contributed by atoms with van der Waals surface area (Å²) >= 11 is 0. The van der Waals surface area contributed by atoms with Gasteiger partial charge in [0.15, 0.2) is 17.6 Å². The van der Waals surface area contributed by atoms with Crippen molar-refractivity contribution < 1.29 is 38.5 Å². The highest BCUT2D eigenvalue weighted by Crippen LogP contribution is 2.35. The molecule has 0 aliphatic rings. The van der Waals surface area contributed by atoms with Crippen LogP contribution in [0, 0.1) is 11.2 Å². The summed E-state index contributed by atoms with van der Waals surface area (Å²) in [7, 11) is 3.31. The number of carbonyl (C=O) groups is 3. The fourth-order valence-corrected chi connectivity index (χ4v) is 4.42. The molecule has 49 heavy (non-hydrogen) atoms. The van der Waals surface area contributed by atoms with Gasteiger partial charge in [0, 0.05) is 39.4 Å². The fourth-order valence-electron chi connectivity index (χ4n) is 4.42. The van der Waals surface area contributed by atoms with Crippen molar-refractivity contribution in [3.8, 4) is 17.2 Å². The van der Waals surface area contributed by atoms with Gasteiger partial charge in [0.2, 0.25) is 0 Å². The third kappa shape index (κ3) is 12.0. The van der Waals surface area contributed by atoms with Crippen LogP contribution in [0.1, 0.15) is 56.1 Å². The van der Waals surface area contributed by atoms with Crippen molar-refractivity contribution in [3.63, 3.8) is 0 Å². The number of amides is 1. The summed E-state index contributed by atoms with van der Waals surface area (Å²) in [6.07, 6.45) is -0.331. The first-order chi connectivity index (χ1) is 23.0. The largest absolute Gasteiger partial charge is 0.490 e. The van der Waals surface area contributed by atoms with Crippen molar-refractivity contribution in [3.05, 3.63) is 106 Å². The molecule has 4 rings (SSSR count). The summed E-state index contributed by atoms with van der Waals surface area (Å²) in [5.74, 6) is -1.82. The minimum atomic E-state index is -0.833. The molecule has 3 aromatic carbocycles. The van der Waals surface area contributed by atoms with E-state index in [1.807, 2.05) is 25.1 Å². The predicted molar refractivity (Wildman–Crippen MR) is 180 cm³/mol. The molecule has 0 radical (unpaired) electrons. The van der Waals surface area contributed by atoms with Crippen molar-refractivity contribution in [2.45, 2.75) is 46.1 Å². The molecule has 1 aromatic heterocycles. The number of ether oxygens (including phenoxy) is 2. The Morgan fingerprint density at radius 3 is 2.14 bits per heavy atom. The Balaban J connectivity index is 0.000000939. The molecule has 0 aliphatic heterocycles. The number of nitrogens with two attached hydrogens (primary N) is 1.